The van der Waals surface area contributed by atoms with Crippen molar-refractivity contribution in [1.29, 1.82) is 0 Å². The minimum Gasteiger partial charge on any atom is -0.503 e. The van der Waals surface area contributed by atoms with Crippen molar-refractivity contribution in [3.8, 4) is 5.75 Å². The molecule has 1 aliphatic heterocycles. The number of amides is 2. The summed E-state index contributed by atoms with van der Waals surface area (Å²) in [6, 6.07) is 4.40. The number of hydrogen-bond donors (Lipinski definition) is 2. The highest BCUT2D eigenvalue weighted by molar-refractivity contribution is 6.30. The number of fused-ring (bicyclic) bond motifs is 1. The van der Waals surface area contributed by atoms with Gasteiger partial charge in [-0.2, -0.15) is 0 Å². The van der Waals surface area contributed by atoms with E-state index in [4.69, 9.17) is 16.3 Å². The lowest BCUT2D eigenvalue weighted by molar-refractivity contribution is -0.0533. The van der Waals surface area contributed by atoms with Gasteiger partial charge >= 0.3 is 0 Å². The van der Waals surface area contributed by atoms with E-state index in [1.807, 2.05) is 6.92 Å². The first kappa shape index (κ1) is 23.3. The molecule has 0 radical (unpaired) electrons. The van der Waals surface area contributed by atoms with Gasteiger partial charge < -0.3 is 24.6 Å². The quantitative estimate of drug-likeness (QED) is 0.666. The second-order valence-electron chi connectivity index (χ2n) is 8.60. The molecule has 2 heterocycles. The van der Waals surface area contributed by atoms with Crippen molar-refractivity contribution >= 4 is 23.4 Å². The molecule has 4 rings (SSSR count). The molecule has 0 bridgehead atoms. The maximum Gasteiger partial charge on any atom is 0.275 e. The van der Waals surface area contributed by atoms with E-state index in [1.165, 1.54) is 22.9 Å². The van der Waals surface area contributed by atoms with Crippen molar-refractivity contribution in [2.45, 2.75) is 38.4 Å². The minimum absolute atomic E-state index is 0.0789. The average molecular weight is 478 g/mol. The third-order valence-corrected chi connectivity index (χ3v) is 6.80. The van der Waals surface area contributed by atoms with Gasteiger partial charge in [-0.1, -0.05) is 23.7 Å². The monoisotopic (exact) mass is 477 g/mol. The number of nitrogens with one attached hydrogen (secondary N) is 1. The van der Waals surface area contributed by atoms with Crippen molar-refractivity contribution in [2.24, 2.45) is 5.92 Å². The first-order valence-corrected chi connectivity index (χ1v) is 11.1. The standard InChI is InChI=1S/C23H25ClFN3O5/c1-3-28-22(32)18-20(30)19(29)15(10-27(18)12-23(28)7-13(8-23)11-33-2)21(31)26-9-14-5-4-6-16(24)17(14)25/h4-6,10,13,30H,3,7-9,11-12H2,1-2H3,(H,26,31)/t13-,23+. The zero-order valence-corrected chi connectivity index (χ0v) is 19.1. The lowest BCUT2D eigenvalue weighted by Crippen LogP contribution is -2.65. The SMILES string of the molecule is CCN1C(=O)c2c(O)c(=O)c(C(=O)NCc3cccc(Cl)c3F)cn2C[C@]12C[C@H](COC)C2. The fourth-order valence-corrected chi connectivity index (χ4v) is 5.25. The number of aromatic hydroxyl groups is 1. The number of ether oxygens (including phenoxy) is 1. The molecule has 2 amide bonds. The number of halogens is 2. The second kappa shape index (κ2) is 8.79. The molecule has 0 saturated heterocycles. The third-order valence-electron chi connectivity index (χ3n) is 6.51. The molecule has 0 atom stereocenters. The Hall–Kier alpha value is -2.91. The number of methoxy groups -OCH3 is 1. The molecule has 2 aromatic rings. The van der Waals surface area contributed by atoms with Crippen LogP contribution in [0.15, 0.2) is 29.2 Å². The van der Waals surface area contributed by atoms with E-state index in [1.54, 1.807) is 18.1 Å². The van der Waals surface area contributed by atoms with Crippen LogP contribution in [0.5, 0.6) is 5.75 Å². The van der Waals surface area contributed by atoms with Gasteiger partial charge in [-0.3, -0.25) is 14.4 Å². The summed E-state index contributed by atoms with van der Waals surface area (Å²) in [5.41, 5.74) is -1.69. The van der Waals surface area contributed by atoms with E-state index < -0.39 is 34.3 Å². The molecule has 8 nitrogen and oxygen atoms in total. The van der Waals surface area contributed by atoms with Gasteiger partial charge in [0.1, 0.15) is 11.4 Å². The molecule has 10 heteroatoms. The van der Waals surface area contributed by atoms with Gasteiger partial charge in [0, 0.05) is 45.1 Å². The molecule has 1 aromatic carbocycles. The number of carbonyl (C=O) groups excluding carboxylic acids is 2. The van der Waals surface area contributed by atoms with Crippen molar-refractivity contribution in [3.63, 3.8) is 0 Å². The van der Waals surface area contributed by atoms with Crippen LogP contribution >= 0.6 is 11.6 Å². The summed E-state index contributed by atoms with van der Waals surface area (Å²) in [5.74, 6) is -2.34. The summed E-state index contributed by atoms with van der Waals surface area (Å²) in [4.78, 5) is 40.4. The maximum atomic E-state index is 14.1. The molecular weight excluding hydrogens is 453 g/mol. The third kappa shape index (κ3) is 3.89. The Labute approximate surface area is 194 Å². The van der Waals surface area contributed by atoms with Crippen LogP contribution in [0.25, 0.3) is 0 Å². The van der Waals surface area contributed by atoms with Gasteiger partial charge in [0.25, 0.3) is 11.8 Å². The average Bonchev–Trinajstić information content (AvgIpc) is 2.76. The van der Waals surface area contributed by atoms with Crippen LogP contribution in [0, 0.1) is 11.7 Å². The molecule has 0 unspecified atom stereocenters. The predicted molar refractivity (Wildman–Crippen MR) is 119 cm³/mol. The lowest BCUT2D eigenvalue weighted by Gasteiger charge is -2.56. The number of nitrogens with zero attached hydrogens (tertiary/aromatic N) is 2. The number of aromatic nitrogens is 1. The van der Waals surface area contributed by atoms with E-state index in [2.05, 4.69) is 5.32 Å². The van der Waals surface area contributed by atoms with E-state index in [0.29, 0.717) is 25.6 Å². The normalized spacial score (nSPS) is 21.6. The molecule has 1 saturated carbocycles. The topological polar surface area (TPSA) is 101 Å². The fraction of sp³-hybridized carbons (Fsp3) is 0.435. The predicted octanol–water partition coefficient (Wildman–Crippen LogP) is 2.55. The molecule has 1 spiro atoms. The van der Waals surface area contributed by atoms with E-state index in [0.717, 1.165) is 12.8 Å². The van der Waals surface area contributed by atoms with Gasteiger partial charge in [-0.15, -0.1) is 0 Å². The molecule has 1 aliphatic carbocycles. The van der Waals surface area contributed by atoms with Crippen LogP contribution in [0.2, 0.25) is 5.02 Å². The molecule has 2 aliphatic rings. The largest absolute Gasteiger partial charge is 0.503 e. The molecule has 176 valence electrons. The highest BCUT2D eigenvalue weighted by Crippen LogP contribution is 2.47. The lowest BCUT2D eigenvalue weighted by atomic mass is 9.66. The van der Waals surface area contributed by atoms with Crippen molar-refractivity contribution < 1.29 is 23.8 Å². The highest BCUT2D eigenvalue weighted by atomic mass is 35.5. The number of likely N-dealkylation sites (N-methyl/N-ethyl adjacent to an activating group) is 1. The van der Waals surface area contributed by atoms with Crippen LogP contribution in [0.1, 0.15) is 46.2 Å². The fourth-order valence-electron chi connectivity index (χ4n) is 5.06. The number of benzene rings is 1. The number of carbonyl (C=O) groups is 2. The summed E-state index contributed by atoms with van der Waals surface area (Å²) < 4.78 is 20.8. The van der Waals surface area contributed by atoms with Gasteiger partial charge in [0.05, 0.1) is 10.6 Å². The Kier molecular flexibility index (Phi) is 6.20. The maximum absolute atomic E-state index is 14.1. The Morgan fingerprint density at radius 3 is 2.76 bits per heavy atom. The Bertz CT molecular complexity index is 1180. The van der Waals surface area contributed by atoms with Gasteiger partial charge in [-0.25, -0.2) is 4.39 Å². The van der Waals surface area contributed by atoms with Gasteiger partial charge in [-0.05, 0) is 31.7 Å². The number of pyridine rings is 1. The molecule has 1 aromatic heterocycles. The van der Waals surface area contributed by atoms with E-state index in [9.17, 15) is 23.9 Å². The molecule has 33 heavy (non-hydrogen) atoms. The first-order chi connectivity index (χ1) is 15.7. The zero-order chi connectivity index (χ0) is 23.9. The second-order valence-corrected chi connectivity index (χ2v) is 9.00. The highest BCUT2D eigenvalue weighted by Gasteiger charge is 2.53. The Balaban J connectivity index is 1.63. The van der Waals surface area contributed by atoms with Crippen LogP contribution < -0.4 is 10.7 Å². The minimum atomic E-state index is -0.948. The van der Waals surface area contributed by atoms with Crippen molar-refractivity contribution in [1.82, 2.24) is 14.8 Å². The summed E-state index contributed by atoms with van der Waals surface area (Å²) >= 11 is 5.77. The Morgan fingerprint density at radius 1 is 1.36 bits per heavy atom. The van der Waals surface area contributed by atoms with Gasteiger partial charge in [0.15, 0.2) is 11.4 Å². The smallest absolute Gasteiger partial charge is 0.275 e. The first-order valence-electron chi connectivity index (χ1n) is 10.7. The van der Waals surface area contributed by atoms with Gasteiger partial charge in [0.2, 0.25) is 5.43 Å². The van der Waals surface area contributed by atoms with E-state index >= 15 is 0 Å². The molecule has 1 fully saturated rings. The summed E-state index contributed by atoms with van der Waals surface area (Å²) in [5, 5.41) is 13.0. The number of rotatable bonds is 6. The van der Waals surface area contributed by atoms with Crippen LogP contribution in [-0.4, -0.2) is 52.2 Å². The van der Waals surface area contributed by atoms with Crippen LogP contribution in [-0.2, 0) is 17.8 Å². The van der Waals surface area contributed by atoms with Crippen LogP contribution in [0.3, 0.4) is 0 Å². The van der Waals surface area contributed by atoms with Crippen molar-refractivity contribution in [3.05, 3.63) is 62.3 Å². The van der Waals surface area contributed by atoms with Crippen LogP contribution in [0.4, 0.5) is 4.39 Å². The summed E-state index contributed by atoms with van der Waals surface area (Å²) in [6.07, 6.45) is 2.75. The zero-order valence-electron chi connectivity index (χ0n) is 18.4. The molecular formula is C23H25ClFN3O5. The molecule has 2 N–H and O–H groups in total. The summed E-state index contributed by atoms with van der Waals surface area (Å²) in [7, 11) is 1.63. The van der Waals surface area contributed by atoms with Crippen molar-refractivity contribution in [2.75, 3.05) is 20.3 Å². The van der Waals surface area contributed by atoms with E-state index in [-0.39, 0.29) is 28.4 Å². The summed E-state index contributed by atoms with van der Waals surface area (Å²) in [6.45, 7) is 3.02. The number of hydrogen-bond acceptors (Lipinski definition) is 5. The Morgan fingerprint density at radius 2 is 2.09 bits per heavy atom.